The Hall–Kier alpha value is -2.19. The van der Waals surface area contributed by atoms with Gasteiger partial charge in [0.15, 0.2) is 0 Å². The van der Waals surface area contributed by atoms with E-state index in [9.17, 15) is 14.4 Å². The van der Waals surface area contributed by atoms with E-state index in [1.807, 2.05) is 13.8 Å². The Bertz CT molecular complexity index is 722. The fraction of sp³-hybridized carbons (Fsp3) is 0.312. The number of hydrogen-bond acceptors (Lipinski definition) is 5. The minimum Gasteiger partial charge on any atom is -0.477 e. The van der Waals surface area contributed by atoms with Crippen molar-refractivity contribution in [1.29, 1.82) is 0 Å². The summed E-state index contributed by atoms with van der Waals surface area (Å²) < 4.78 is 0. The summed E-state index contributed by atoms with van der Waals surface area (Å²) in [6.45, 7) is 3.94. The minimum absolute atomic E-state index is 0.0770. The molecule has 0 aliphatic rings. The van der Waals surface area contributed by atoms with E-state index < -0.39 is 12.0 Å². The molecule has 0 aromatic carbocycles. The first-order valence-corrected chi connectivity index (χ1v) is 9.02. The zero-order chi connectivity index (χ0) is 17.7. The summed E-state index contributed by atoms with van der Waals surface area (Å²) in [7, 11) is 0. The standard InChI is InChI=1S/C16H18N2O4S2/c1-9(2)13(18-14(19)11-4-3-7-23-11)15(20)17-8-10-5-6-12(24-10)16(21)22/h3-7,9,13H,8H2,1-2H3,(H,17,20)(H,18,19)(H,21,22). The van der Waals surface area contributed by atoms with Gasteiger partial charge in [0.05, 0.1) is 11.4 Å². The van der Waals surface area contributed by atoms with Crippen LogP contribution in [0, 0.1) is 5.92 Å². The van der Waals surface area contributed by atoms with Crippen LogP contribution in [0.3, 0.4) is 0 Å². The fourth-order valence-corrected chi connectivity index (χ4v) is 3.44. The fourth-order valence-electron chi connectivity index (χ4n) is 2.03. The third kappa shape index (κ3) is 4.65. The highest BCUT2D eigenvalue weighted by Gasteiger charge is 2.25. The molecule has 0 aliphatic carbocycles. The molecular formula is C16H18N2O4S2. The van der Waals surface area contributed by atoms with Crippen LogP contribution in [0.4, 0.5) is 0 Å². The monoisotopic (exact) mass is 366 g/mol. The summed E-state index contributed by atoms with van der Waals surface area (Å²) in [4.78, 5) is 36.9. The van der Waals surface area contributed by atoms with Crippen LogP contribution in [0.25, 0.3) is 0 Å². The Morgan fingerprint density at radius 3 is 2.46 bits per heavy atom. The number of hydrogen-bond donors (Lipinski definition) is 3. The first-order valence-electron chi connectivity index (χ1n) is 7.32. The summed E-state index contributed by atoms with van der Waals surface area (Å²) in [6, 6.07) is 6.00. The van der Waals surface area contributed by atoms with Gasteiger partial charge in [-0.1, -0.05) is 19.9 Å². The zero-order valence-corrected chi connectivity index (χ0v) is 14.9. The second kappa shape index (κ2) is 8.07. The van der Waals surface area contributed by atoms with Crippen LogP contribution in [0.5, 0.6) is 0 Å². The Balaban J connectivity index is 1.95. The summed E-state index contributed by atoms with van der Waals surface area (Å²) in [5.74, 6) is -1.63. The van der Waals surface area contributed by atoms with Gasteiger partial charge in [0.25, 0.3) is 5.91 Å². The first kappa shape index (κ1) is 18.2. The van der Waals surface area contributed by atoms with E-state index in [0.29, 0.717) is 4.88 Å². The van der Waals surface area contributed by atoms with Gasteiger partial charge in [-0.25, -0.2) is 4.79 Å². The number of nitrogens with one attached hydrogen (secondary N) is 2. The maximum Gasteiger partial charge on any atom is 0.345 e. The lowest BCUT2D eigenvalue weighted by Gasteiger charge is -2.21. The van der Waals surface area contributed by atoms with E-state index in [1.54, 1.807) is 23.6 Å². The van der Waals surface area contributed by atoms with Gasteiger partial charge >= 0.3 is 5.97 Å². The van der Waals surface area contributed by atoms with Crippen LogP contribution in [-0.4, -0.2) is 28.9 Å². The topological polar surface area (TPSA) is 95.5 Å². The van der Waals surface area contributed by atoms with Gasteiger partial charge in [-0.05, 0) is 29.5 Å². The average Bonchev–Trinajstić information content (AvgIpc) is 3.20. The van der Waals surface area contributed by atoms with Crippen LogP contribution in [0.2, 0.25) is 0 Å². The lowest BCUT2D eigenvalue weighted by Crippen LogP contribution is -2.49. The number of carboxylic acid groups (broad SMARTS) is 1. The third-order valence-electron chi connectivity index (χ3n) is 3.29. The average molecular weight is 366 g/mol. The molecule has 0 bridgehead atoms. The number of carbonyl (C=O) groups excluding carboxylic acids is 2. The van der Waals surface area contributed by atoms with E-state index >= 15 is 0 Å². The zero-order valence-electron chi connectivity index (χ0n) is 13.2. The van der Waals surface area contributed by atoms with Gasteiger partial charge in [0.2, 0.25) is 5.91 Å². The second-order valence-corrected chi connectivity index (χ2v) is 7.58. The highest BCUT2D eigenvalue weighted by atomic mass is 32.1. The van der Waals surface area contributed by atoms with Crippen molar-refractivity contribution in [1.82, 2.24) is 10.6 Å². The van der Waals surface area contributed by atoms with Gasteiger partial charge in [-0.15, -0.1) is 22.7 Å². The van der Waals surface area contributed by atoms with E-state index in [0.717, 1.165) is 16.2 Å². The summed E-state index contributed by atoms with van der Waals surface area (Å²) >= 11 is 2.43. The largest absolute Gasteiger partial charge is 0.477 e. The van der Waals surface area contributed by atoms with Gasteiger partial charge in [-0.3, -0.25) is 9.59 Å². The van der Waals surface area contributed by atoms with Crippen molar-refractivity contribution in [3.8, 4) is 0 Å². The van der Waals surface area contributed by atoms with Crippen molar-refractivity contribution in [3.05, 3.63) is 44.3 Å². The Morgan fingerprint density at radius 2 is 1.92 bits per heavy atom. The minimum atomic E-state index is -0.985. The summed E-state index contributed by atoms with van der Waals surface area (Å²) in [5, 5.41) is 16.2. The van der Waals surface area contributed by atoms with Gasteiger partial charge in [0.1, 0.15) is 10.9 Å². The number of carbonyl (C=O) groups is 3. The Morgan fingerprint density at radius 1 is 1.17 bits per heavy atom. The quantitative estimate of drug-likeness (QED) is 0.702. The number of rotatable bonds is 7. The molecule has 128 valence electrons. The molecule has 0 saturated carbocycles. The molecule has 24 heavy (non-hydrogen) atoms. The highest BCUT2D eigenvalue weighted by Crippen LogP contribution is 2.16. The molecule has 2 rings (SSSR count). The van der Waals surface area contributed by atoms with Crippen LogP contribution in [0.15, 0.2) is 29.6 Å². The van der Waals surface area contributed by atoms with Crippen LogP contribution < -0.4 is 10.6 Å². The smallest absolute Gasteiger partial charge is 0.345 e. The molecule has 6 nitrogen and oxygen atoms in total. The maximum absolute atomic E-state index is 12.4. The van der Waals surface area contributed by atoms with Crippen molar-refractivity contribution in [2.45, 2.75) is 26.4 Å². The van der Waals surface area contributed by atoms with Gasteiger partial charge < -0.3 is 15.7 Å². The molecule has 2 aromatic heterocycles. The molecule has 1 unspecified atom stereocenters. The Kier molecular flexibility index (Phi) is 6.10. The van der Waals surface area contributed by atoms with Gasteiger partial charge in [-0.2, -0.15) is 0 Å². The molecular weight excluding hydrogens is 348 g/mol. The molecule has 2 heterocycles. The summed E-state index contributed by atoms with van der Waals surface area (Å²) in [6.07, 6.45) is 0. The van der Waals surface area contributed by atoms with Crippen molar-refractivity contribution in [2.75, 3.05) is 0 Å². The molecule has 8 heteroatoms. The van der Waals surface area contributed by atoms with E-state index in [1.165, 1.54) is 17.4 Å². The number of aromatic carboxylic acids is 1. The van der Waals surface area contributed by atoms with Crippen molar-refractivity contribution < 1.29 is 19.5 Å². The normalized spacial score (nSPS) is 12.0. The molecule has 0 saturated heterocycles. The first-order chi connectivity index (χ1) is 11.4. The predicted molar refractivity (Wildman–Crippen MR) is 93.5 cm³/mol. The molecule has 3 N–H and O–H groups in total. The molecule has 0 aliphatic heterocycles. The third-order valence-corrected chi connectivity index (χ3v) is 5.23. The molecule has 0 fully saturated rings. The van der Waals surface area contributed by atoms with E-state index in [4.69, 9.17) is 5.11 Å². The van der Waals surface area contributed by atoms with Crippen LogP contribution in [0.1, 0.15) is 38.1 Å². The predicted octanol–water partition coefficient (Wildman–Crippen LogP) is 2.58. The molecule has 2 aromatic rings. The lowest BCUT2D eigenvalue weighted by atomic mass is 10.0. The lowest BCUT2D eigenvalue weighted by molar-refractivity contribution is -0.124. The van der Waals surface area contributed by atoms with Crippen LogP contribution in [-0.2, 0) is 11.3 Å². The molecule has 1 atom stereocenters. The van der Waals surface area contributed by atoms with Crippen molar-refractivity contribution >= 4 is 40.5 Å². The molecule has 0 radical (unpaired) electrons. The number of thiophene rings is 2. The van der Waals surface area contributed by atoms with E-state index in [2.05, 4.69) is 10.6 Å². The second-order valence-electron chi connectivity index (χ2n) is 5.46. The number of carboxylic acids is 1. The van der Waals surface area contributed by atoms with Gasteiger partial charge in [0, 0.05) is 4.88 Å². The highest BCUT2D eigenvalue weighted by molar-refractivity contribution is 7.13. The van der Waals surface area contributed by atoms with Crippen molar-refractivity contribution in [3.63, 3.8) is 0 Å². The molecule has 2 amide bonds. The summed E-state index contributed by atoms with van der Waals surface area (Å²) in [5.41, 5.74) is 0. The maximum atomic E-state index is 12.4. The number of amides is 2. The van der Waals surface area contributed by atoms with Crippen molar-refractivity contribution in [2.24, 2.45) is 5.92 Å². The SMILES string of the molecule is CC(C)C(NC(=O)c1cccs1)C(=O)NCc1ccc(C(=O)O)s1. The van der Waals surface area contributed by atoms with Crippen LogP contribution >= 0.6 is 22.7 Å². The Labute approximate surface area is 147 Å². The van der Waals surface area contributed by atoms with E-state index in [-0.39, 0.29) is 29.2 Å². The molecule has 0 spiro atoms.